The van der Waals surface area contributed by atoms with Crippen molar-refractivity contribution in [2.75, 3.05) is 0 Å². The van der Waals surface area contributed by atoms with Gasteiger partial charge >= 0.3 is 0 Å². The van der Waals surface area contributed by atoms with Crippen molar-refractivity contribution < 1.29 is 15.3 Å². The summed E-state index contributed by atoms with van der Waals surface area (Å²) in [5.74, 6) is 0.555. The second-order valence-corrected chi connectivity index (χ2v) is 8.21. The highest BCUT2D eigenvalue weighted by atomic mass is 16.3. The molecular formula is C20H28O3. The molecule has 1 aromatic carbocycles. The van der Waals surface area contributed by atoms with Gasteiger partial charge < -0.3 is 15.3 Å². The fraction of sp³-hybridized carbons (Fsp3) is 0.600. The SMILES string of the molecule is C=Cc1c(C)c(O)cc2c1CC[C@H]1C(C)(C)[C@@H](O)[C@@H](O)C[C@]21C. The molecule has 3 nitrogen and oxygen atoms in total. The summed E-state index contributed by atoms with van der Waals surface area (Å²) in [5, 5.41) is 31.3. The van der Waals surface area contributed by atoms with E-state index < -0.39 is 12.2 Å². The Labute approximate surface area is 138 Å². The van der Waals surface area contributed by atoms with Crippen molar-refractivity contribution in [2.24, 2.45) is 11.3 Å². The number of hydrogen-bond donors (Lipinski definition) is 3. The number of aromatic hydroxyl groups is 1. The first kappa shape index (κ1) is 16.5. The quantitative estimate of drug-likeness (QED) is 0.745. The Balaban J connectivity index is 2.24. The third-order valence-corrected chi connectivity index (χ3v) is 6.65. The topological polar surface area (TPSA) is 60.7 Å². The molecule has 0 aromatic heterocycles. The van der Waals surface area contributed by atoms with E-state index in [1.165, 1.54) is 5.56 Å². The maximum Gasteiger partial charge on any atom is 0.119 e. The van der Waals surface area contributed by atoms with Gasteiger partial charge in [-0.1, -0.05) is 33.4 Å². The minimum Gasteiger partial charge on any atom is -0.508 e. The van der Waals surface area contributed by atoms with Crippen LogP contribution in [-0.4, -0.2) is 27.5 Å². The van der Waals surface area contributed by atoms with Gasteiger partial charge in [0, 0.05) is 0 Å². The van der Waals surface area contributed by atoms with Crippen LogP contribution in [0.3, 0.4) is 0 Å². The second kappa shape index (κ2) is 5.09. The lowest BCUT2D eigenvalue weighted by atomic mass is 9.48. The lowest BCUT2D eigenvalue weighted by Crippen LogP contribution is -2.59. The molecule has 23 heavy (non-hydrogen) atoms. The van der Waals surface area contributed by atoms with Crippen LogP contribution in [0.5, 0.6) is 5.75 Å². The van der Waals surface area contributed by atoms with E-state index in [1.54, 1.807) is 0 Å². The number of fused-ring (bicyclic) bond motifs is 3. The van der Waals surface area contributed by atoms with Crippen LogP contribution >= 0.6 is 0 Å². The molecule has 3 rings (SSSR count). The second-order valence-electron chi connectivity index (χ2n) is 8.21. The normalized spacial score (nSPS) is 35.3. The van der Waals surface area contributed by atoms with Crippen LogP contribution in [0.4, 0.5) is 0 Å². The van der Waals surface area contributed by atoms with E-state index in [2.05, 4.69) is 27.4 Å². The number of aliphatic hydroxyl groups excluding tert-OH is 2. The number of phenolic OH excluding ortho intramolecular Hbond substituents is 1. The molecule has 0 bridgehead atoms. The Bertz CT molecular complexity index is 661. The first-order valence-corrected chi connectivity index (χ1v) is 8.49. The average Bonchev–Trinajstić information content (AvgIpc) is 2.47. The van der Waals surface area contributed by atoms with E-state index >= 15 is 0 Å². The molecule has 0 radical (unpaired) electrons. The van der Waals surface area contributed by atoms with Gasteiger partial charge in [0.25, 0.3) is 0 Å². The number of rotatable bonds is 1. The van der Waals surface area contributed by atoms with E-state index in [-0.39, 0.29) is 16.7 Å². The van der Waals surface area contributed by atoms with Gasteiger partial charge in [-0.3, -0.25) is 0 Å². The largest absolute Gasteiger partial charge is 0.508 e. The summed E-state index contributed by atoms with van der Waals surface area (Å²) in [6.07, 6.45) is 2.80. The molecule has 126 valence electrons. The molecule has 3 heteroatoms. The number of aliphatic hydroxyl groups is 2. The molecule has 0 spiro atoms. The molecule has 1 fully saturated rings. The molecule has 0 unspecified atom stereocenters. The molecule has 0 saturated heterocycles. The predicted molar refractivity (Wildman–Crippen MR) is 92.5 cm³/mol. The lowest BCUT2D eigenvalue weighted by Gasteiger charge is -2.57. The van der Waals surface area contributed by atoms with Gasteiger partial charge in [-0.25, -0.2) is 0 Å². The fourth-order valence-electron chi connectivity index (χ4n) is 5.38. The summed E-state index contributed by atoms with van der Waals surface area (Å²) in [6, 6.07) is 1.88. The summed E-state index contributed by atoms with van der Waals surface area (Å²) in [5.41, 5.74) is 3.64. The molecule has 0 amide bonds. The third-order valence-electron chi connectivity index (χ3n) is 6.65. The molecule has 0 aliphatic heterocycles. The molecular weight excluding hydrogens is 288 g/mol. The Hall–Kier alpha value is -1.32. The fourth-order valence-corrected chi connectivity index (χ4v) is 5.38. The maximum atomic E-state index is 10.5. The summed E-state index contributed by atoms with van der Waals surface area (Å²) in [4.78, 5) is 0. The van der Waals surface area contributed by atoms with Crippen molar-refractivity contribution in [3.8, 4) is 5.75 Å². The summed E-state index contributed by atoms with van der Waals surface area (Å²) in [6.45, 7) is 12.1. The van der Waals surface area contributed by atoms with Gasteiger partial charge in [0.05, 0.1) is 12.2 Å². The van der Waals surface area contributed by atoms with Crippen LogP contribution in [-0.2, 0) is 11.8 Å². The summed E-state index contributed by atoms with van der Waals surface area (Å²) >= 11 is 0. The smallest absolute Gasteiger partial charge is 0.119 e. The zero-order chi connectivity index (χ0) is 17.2. The van der Waals surface area contributed by atoms with E-state index in [0.717, 1.165) is 29.5 Å². The van der Waals surface area contributed by atoms with Gasteiger partial charge in [0.15, 0.2) is 0 Å². The first-order valence-electron chi connectivity index (χ1n) is 8.49. The maximum absolute atomic E-state index is 10.5. The zero-order valence-electron chi connectivity index (χ0n) is 14.6. The van der Waals surface area contributed by atoms with Gasteiger partial charge in [-0.15, -0.1) is 0 Å². The highest BCUT2D eigenvalue weighted by Gasteiger charge is 2.56. The highest BCUT2D eigenvalue weighted by Crippen LogP contribution is 2.58. The number of phenols is 1. The Morgan fingerprint density at radius 1 is 1.26 bits per heavy atom. The van der Waals surface area contributed by atoms with Gasteiger partial charge in [-0.2, -0.15) is 0 Å². The Morgan fingerprint density at radius 2 is 1.91 bits per heavy atom. The predicted octanol–water partition coefficient (Wildman–Crippen LogP) is 3.32. The van der Waals surface area contributed by atoms with Crippen LogP contribution in [0.2, 0.25) is 0 Å². The Kier molecular flexibility index (Phi) is 3.66. The molecule has 0 heterocycles. The molecule has 2 aliphatic rings. The lowest BCUT2D eigenvalue weighted by molar-refractivity contribution is -0.142. The zero-order valence-corrected chi connectivity index (χ0v) is 14.6. The molecule has 1 aromatic rings. The van der Waals surface area contributed by atoms with Gasteiger partial charge in [0.2, 0.25) is 0 Å². The first-order chi connectivity index (χ1) is 10.6. The van der Waals surface area contributed by atoms with Crippen molar-refractivity contribution in [1.29, 1.82) is 0 Å². The van der Waals surface area contributed by atoms with Crippen LogP contribution in [0.25, 0.3) is 6.08 Å². The molecule has 2 aliphatic carbocycles. The third kappa shape index (κ3) is 2.10. The highest BCUT2D eigenvalue weighted by molar-refractivity contribution is 5.64. The molecule has 3 N–H and O–H groups in total. The van der Waals surface area contributed by atoms with Crippen LogP contribution in [0.15, 0.2) is 12.6 Å². The van der Waals surface area contributed by atoms with Gasteiger partial charge in [-0.05, 0) is 71.3 Å². The standard InChI is InChI=1S/C20H28O3/c1-6-12-11(2)15(21)9-14-13(12)7-8-17-19(3,4)18(23)16(22)10-20(14,17)5/h6,9,16-18,21-23H,1,7-8,10H2,2-5H3/t16-,17-,18-,20+/m0/s1. The molecule has 4 atom stereocenters. The number of benzene rings is 1. The van der Waals surface area contributed by atoms with E-state index in [4.69, 9.17) is 0 Å². The van der Waals surface area contributed by atoms with E-state index in [9.17, 15) is 15.3 Å². The van der Waals surface area contributed by atoms with E-state index in [0.29, 0.717) is 12.2 Å². The van der Waals surface area contributed by atoms with Crippen molar-refractivity contribution in [3.05, 3.63) is 34.9 Å². The minimum absolute atomic E-state index is 0.251. The van der Waals surface area contributed by atoms with Crippen molar-refractivity contribution >= 4 is 6.08 Å². The van der Waals surface area contributed by atoms with Crippen molar-refractivity contribution in [1.82, 2.24) is 0 Å². The monoisotopic (exact) mass is 316 g/mol. The van der Waals surface area contributed by atoms with Crippen molar-refractivity contribution in [2.45, 2.75) is 64.6 Å². The number of hydrogen-bond acceptors (Lipinski definition) is 3. The molecule has 1 saturated carbocycles. The van der Waals surface area contributed by atoms with Crippen molar-refractivity contribution in [3.63, 3.8) is 0 Å². The van der Waals surface area contributed by atoms with Crippen LogP contribution in [0, 0.1) is 18.3 Å². The minimum atomic E-state index is -0.743. The summed E-state index contributed by atoms with van der Waals surface area (Å²) in [7, 11) is 0. The average molecular weight is 316 g/mol. The van der Waals surface area contributed by atoms with Crippen LogP contribution in [0.1, 0.15) is 55.9 Å². The van der Waals surface area contributed by atoms with Gasteiger partial charge in [0.1, 0.15) is 5.75 Å². The van der Waals surface area contributed by atoms with Crippen LogP contribution < -0.4 is 0 Å². The Morgan fingerprint density at radius 3 is 2.52 bits per heavy atom. The summed E-state index contributed by atoms with van der Waals surface area (Å²) < 4.78 is 0. The van der Waals surface area contributed by atoms with E-state index in [1.807, 2.05) is 19.1 Å².